The van der Waals surface area contributed by atoms with Gasteiger partial charge in [-0.25, -0.2) is 4.39 Å². The summed E-state index contributed by atoms with van der Waals surface area (Å²) in [5.41, 5.74) is 2.12. The van der Waals surface area contributed by atoms with E-state index in [-0.39, 0.29) is 24.7 Å². The number of likely N-dealkylation sites (N-methyl/N-ethyl adjacent to an activating group) is 1. The lowest BCUT2D eigenvalue weighted by molar-refractivity contribution is -0.130. The maximum absolute atomic E-state index is 13.5. The molecule has 1 amide bonds. The molecular weight excluding hydrogens is 385 g/mol. The number of carbonyl (C=O) groups excluding carboxylic acids is 1. The Balaban J connectivity index is 1.46. The van der Waals surface area contributed by atoms with Crippen LogP contribution < -0.4 is 4.74 Å². The van der Waals surface area contributed by atoms with E-state index in [9.17, 15) is 9.18 Å². The van der Waals surface area contributed by atoms with Crippen LogP contribution in [0.1, 0.15) is 37.6 Å². The van der Waals surface area contributed by atoms with Crippen molar-refractivity contribution in [2.75, 3.05) is 20.2 Å². The number of carbonyl (C=O) groups is 1. The Morgan fingerprint density at radius 1 is 1.17 bits per heavy atom. The molecule has 0 fully saturated rings. The van der Waals surface area contributed by atoms with E-state index in [0.29, 0.717) is 30.6 Å². The van der Waals surface area contributed by atoms with Gasteiger partial charge in [0.25, 0.3) is 0 Å². The van der Waals surface area contributed by atoms with Gasteiger partial charge in [-0.1, -0.05) is 55.4 Å². The summed E-state index contributed by atoms with van der Waals surface area (Å²) in [6.07, 6.45) is 0.596. The smallest absolute Gasteiger partial charge is 0.227 e. The number of rotatable bonds is 9. The molecule has 158 valence electrons. The van der Waals surface area contributed by atoms with Crippen LogP contribution in [0.5, 0.6) is 5.75 Å². The third kappa shape index (κ3) is 5.65. The summed E-state index contributed by atoms with van der Waals surface area (Å²) in [5, 5.41) is 4.01. The normalized spacial score (nSPS) is 11.0. The van der Waals surface area contributed by atoms with Gasteiger partial charge in [0.1, 0.15) is 6.61 Å². The van der Waals surface area contributed by atoms with Gasteiger partial charge in [-0.3, -0.25) is 4.79 Å². The maximum Gasteiger partial charge on any atom is 0.227 e. The quantitative estimate of drug-likeness (QED) is 0.520. The first-order valence-corrected chi connectivity index (χ1v) is 9.98. The highest BCUT2D eigenvalue weighted by molar-refractivity contribution is 5.76. The van der Waals surface area contributed by atoms with Crippen molar-refractivity contribution in [2.45, 2.75) is 32.6 Å². The number of hydrogen-bond acceptors (Lipinski definition) is 5. The Bertz CT molecular complexity index is 970. The highest BCUT2D eigenvalue weighted by atomic mass is 19.1. The summed E-state index contributed by atoms with van der Waals surface area (Å²) < 4.78 is 24.2. The van der Waals surface area contributed by atoms with Crippen molar-refractivity contribution in [2.24, 2.45) is 0 Å². The molecule has 0 spiro atoms. The van der Waals surface area contributed by atoms with Crippen LogP contribution in [0.3, 0.4) is 0 Å². The average Bonchev–Trinajstić information content (AvgIpc) is 3.22. The van der Waals surface area contributed by atoms with Crippen molar-refractivity contribution in [3.63, 3.8) is 0 Å². The summed E-state index contributed by atoms with van der Waals surface area (Å²) in [6, 6.07) is 14.2. The molecule has 7 heteroatoms. The maximum atomic E-state index is 13.5. The van der Waals surface area contributed by atoms with Gasteiger partial charge >= 0.3 is 0 Å². The van der Waals surface area contributed by atoms with Gasteiger partial charge in [0.15, 0.2) is 11.6 Å². The predicted molar refractivity (Wildman–Crippen MR) is 112 cm³/mol. The first-order valence-electron chi connectivity index (χ1n) is 9.98. The third-order valence-electron chi connectivity index (χ3n) is 4.80. The van der Waals surface area contributed by atoms with E-state index in [1.165, 1.54) is 11.6 Å². The highest BCUT2D eigenvalue weighted by Crippen LogP contribution is 2.21. The van der Waals surface area contributed by atoms with E-state index >= 15 is 0 Å². The first kappa shape index (κ1) is 21.5. The summed E-state index contributed by atoms with van der Waals surface area (Å²) in [6.45, 7) is 4.84. The molecule has 3 rings (SSSR count). The molecule has 0 radical (unpaired) electrons. The van der Waals surface area contributed by atoms with Crippen LogP contribution in [0.2, 0.25) is 0 Å². The van der Waals surface area contributed by atoms with Gasteiger partial charge in [-0.15, -0.1) is 0 Å². The van der Waals surface area contributed by atoms with Gasteiger partial charge < -0.3 is 14.2 Å². The van der Waals surface area contributed by atoms with Crippen molar-refractivity contribution in [1.29, 1.82) is 0 Å². The Morgan fingerprint density at radius 3 is 2.60 bits per heavy atom. The molecule has 3 aromatic rings. The summed E-state index contributed by atoms with van der Waals surface area (Å²) in [4.78, 5) is 18.2. The molecule has 0 unspecified atom stereocenters. The number of aryl methyl sites for hydroxylation is 1. The van der Waals surface area contributed by atoms with E-state index in [4.69, 9.17) is 9.26 Å². The molecule has 0 saturated carbocycles. The fourth-order valence-corrected chi connectivity index (χ4v) is 2.87. The van der Waals surface area contributed by atoms with Crippen molar-refractivity contribution in [3.8, 4) is 17.1 Å². The second-order valence-corrected chi connectivity index (χ2v) is 7.38. The van der Waals surface area contributed by atoms with Crippen LogP contribution in [0.15, 0.2) is 53.1 Å². The van der Waals surface area contributed by atoms with Crippen LogP contribution in [0, 0.1) is 5.82 Å². The van der Waals surface area contributed by atoms with E-state index < -0.39 is 5.82 Å². The van der Waals surface area contributed by atoms with Gasteiger partial charge in [0, 0.05) is 25.5 Å². The van der Waals surface area contributed by atoms with Gasteiger partial charge in [0.2, 0.25) is 17.6 Å². The van der Waals surface area contributed by atoms with Crippen molar-refractivity contribution in [1.82, 2.24) is 15.0 Å². The van der Waals surface area contributed by atoms with Crippen LogP contribution in [-0.2, 0) is 11.2 Å². The largest absolute Gasteiger partial charge is 0.489 e. The Labute approximate surface area is 175 Å². The van der Waals surface area contributed by atoms with Crippen LogP contribution >= 0.6 is 0 Å². The number of nitrogens with zero attached hydrogens (tertiary/aromatic N) is 3. The molecular formula is C23H26FN3O3. The minimum absolute atomic E-state index is 0.0758. The number of ether oxygens (including phenoxy) is 1. The number of para-hydroxylation sites is 1. The van der Waals surface area contributed by atoms with Gasteiger partial charge in [-0.05, 0) is 23.6 Å². The number of hydrogen-bond donors (Lipinski definition) is 0. The number of aromatic nitrogens is 2. The molecule has 2 aromatic carbocycles. The monoisotopic (exact) mass is 411 g/mol. The molecule has 1 heterocycles. The van der Waals surface area contributed by atoms with Crippen molar-refractivity contribution < 1.29 is 18.4 Å². The lowest BCUT2D eigenvalue weighted by Crippen LogP contribution is -2.31. The molecule has 0 bridgehead atoms. The Kier molecular flexibility index (Phi) is 7.17. The summed E-state index contributed by atoms with van der Waals surface area (Å²) in [5.74, 6) is 1.07. The average molecular weight is 411 g/mol. The highest BCUT2D eigenvalue weighted by Gasteiger charge is 2.14. The van der Waals surface area contributed by atoms with E-state index in [1.54, 1.807) is 30.1 Å². The zero-order chi connectivity index (χ0) is 21.5. The lowest BCUT2D eigenvalue weighted by atomic mass is 10.0. The van der Waals surface area contributed by atoms with E-state index in [0.717, 1.165) is 5.56 Å². The SMILES string of the molecule is CC(C)c1ccc(-c2noc(CCC(=O)N(C)CCOc3ccccc3F)n2)cc1. The molecule has 0 atom stereocenters. The fourth-order valence-electron chi connectivity index (χ4n) is 2.87. The second-order valence-electron chi connectivity index (χ2n) is 7.38. The van der Waals surface area contributed by atoms with Crippen LogP contribution in [0.25, 0.3) is 11.4 Å². The minimum Gasteiger partial charge on any atom is -0.489 e. The fraction of sp³-hybridized carbons (Fsp3) is 0.348. The molecule has 0 aliphatic heterocycles. The van der Waals surface area contributed by atoms with Crippen LogP contribution in [0.4, 0.5) is 4.39 Å². The van der Waals surface area contributed by atoms with Crippen molar-refractivity contribution in [3.05, 3.63) is 65.8 Å². The Hall–Kier alpha value is -3.22. The molecule has 0 aliphatic carbocycles. The first-order chi connectivity index (χ1) is 14.4. The molecule has 0 N–H and O–H groups in total. The number of halogens is 1. The van der Waals surface area contributed by atoms with Crippen LogP contribution in [-0.4, -0.2) is 41.1 Å². The molecule has 0 aliphatic rings. The standard InChI is InChI=1S/C23H26FN3O3/c1-16(2)17-8-10-18(11-9-17)23-25-21(30-26-23)12-13-22(28)27(3)14-15-29-20-7-5-4-6-19(20)24/h4-11,16H,12-15H2,1-3H3. The van der Waals surface area contributed by atoms with Crippen molar-refractivity contribution >= 4 is 5.91 Å². The Morgan fingerprint density at radius 2 is 1.90 bits per heavy atom. The third-order valence-corrected chi connectivity index (χ3v) is 4.80. The van der Waals surface area contributed by atoms with E-state index in [1.807, 2.05) is 12.1 Å². The molecule has 6 nitrogen and oxygen atoms in total. The zero-order valence-corrected chi connectivity index (χ0v) is 17.5. The lowest BCUT2D eigenvalue weighted by Gasteiger charge is -2.17. The number of benzene rings is 2. The topological polar surface area (TPSA) is 68.5 Å². The summed E-state index contributed by atoms with van der Waals surface area (Å²) >= 11 is 0. The summed E-state index contributed by atoms with van der Waals surface area (Å²) in [7, 11) is 1.68. The van der Waals surface area contributed by atoms with Gasteiger partial charge in [-0.2, -0.15) is 4.98 Å². The zero-order valence-electron chi connectivity index (χ0n) is 17.5. The molecule has 0 saturated heterocycles. The van der Waals surface area contributed by atoms with E-state index in [2.05, 4.69) is 36.1 Å². The number of amides is 1. The molecule has 1 aromatic heterocycles. The second kappa shape index (κ2) is 10.0. The van der Waals surface area contributed by atoms with Gasteiger partial charge in [0.05, 0.1) is 6.54 Å². The minimum atomic E-state index is -0.419. The molecule has 30 heavy (non-hydrogen) atoms. The predicted octanol–water partition coefficient (Wildman–Crippen LogP) is 4.47.